The zero-order valence-electron chi connectivity index (χ0n) is 15.3. The van der Waals surface area contributed by atoms with Gasteiger partial charge in [0.2, 0.25) is 5.91 Å². The van der Waals surface area contributed by atoms with Gasteiger partial charge < -0.3 is 10.1 Å². The summed E-state index contributed by atoms with van der Waals surface area (Å²) < 4.78 is 6.07. The highest BCUT2D eigenvalue weighted by molar-refractivity contribution is 7.99. The van der Waals surface area contributed by atoms with Crippen molar-refractivity contribution in [1.82, 2.24) is 5.32 Å². The van der Waals surface area contributed by atoms with Crippen molar-refractivity contribution < 1.29 is 9.53 Å². The number of hydrogen-bond acceptors (Lipinski definition) is 3. The van der Waals surface area contributed by atoms with Crippen molar-refractivity contribution in [2.45, 2.75) is 44.6 Å². The van der Waals surface area contributed by atoms with Gasteiger partial charge in [0.1, 0.15) is 11.4 Å². The lowest BCUT2D eigenvalue weighted by molar-refractivity contribution is -0.119. The predicted molar refractivity (Wildman–Crippen MR) is 109 cm³/mol. The van der Waals surface area contributed by atoms with Gasteiger partial charge in [-0.3, -0.25) is 4.79 Å². The number of carbonyl (C=O) groups excluding carboxylic acids is 1. The van der Waals surface area contributed by atoms with Crippen molar-refractivity contribution in [3.05, 3.63) is 64.2 Å². The Balaban J connectivity index is 1.62. The molecule has 0 saturated heterocycles. The fourth-order valence-corrected chi connectivity index (χ4v) is 4.33. The van der Waals surface area contributed by atoms with E-state index in [1.54, 1.807) is 11.8 Å². The average Bonchev–Trinajstić information content (AvgIpc) is 2.56. The van der Waals surface area contributed by atoms with Crippen LogP contribution in [0, 0.1) is 6.92 Å². The molecule has 5 heteroatoms. The van der Waals surface area contributed by atoms with Crippen molar-refractivity contribution in [1.29, 1.82) is 0 Å². The van der Waals surface area contributed by atoms with E-state index in [1.807, 2.05) is 36.4 Å². The minimum Gasteiger partial charge on any atom is -0.487 e. The Morgan fingerprint density at radius 1 is 1.31 bits per heavy atom. The minimum atomic E-state index is -0.301. The second-order valence-electron chi connectivity index (χ2n) is 7.31. The predicted octanol–water partition coefficient (Wildman–Crippen LogP) is 5.30. The van der Waals surface area contributed by atoms with Crippen LogP contribution in [0.15, 0.2) is 42.5 Å². The number of carbonyl (C=O) groups is 1. The fraction of sp³-hybridized carbons (Fsp3) is 0.381. The van der Waals surface area contributed by atoms with Gasteiger partial charge in [-0.25, -0.2) is 0 Å². The fourth-order valence-electron chi connectivity index (χ4n) is 3.21. The van der Waals surface area contributed by atoms with Crippen LogP contribution in [-0.4, -0.2) is 17.3 Å². The van der Waals surface area contributed by atoms with Crippen LogP contribution in [0.3, 0.4) is 0 Å². The number of hydrogen-bond donors (Lipinski definition) is 1. The standard InChI is InChI=1S/C21H24ClNO2S/c1-14-8-9-19-16(10-14)18(11-21(2,3)25-19)23-20(24)13-26-12-15-6-4-5-7-17(15)22/h4-10,18H,11-13H2,1-3H3,(H,23,24)/t18-/m0/s1. The molecule has 0 radical (unpaired) electrons. The van der Waals surface area contributed by atoms with E-state index in [-0.39, 0.29) is 17.6 Å². The van der Waals surface area contributed by atoms with E-state index in [4.69, 9.17) is 16.3 Å². The molecule has 2 aromatic carbocycles. The Hall–Kier alpha value is -1.65. The largest absolute Gasteiger partial charge is 0.487 e. The molecule has 3 nitrogen and oxygen atoms in total. The second-order valence-corrected chi connectivity index (χ2v) is 8.70. The number of thioether (sulfide) groups is 1. The van der Waals surface area contributed by atoms with Gasteiger partial charge in [0.15, 0.2) is 0 Å². The van der Waals surface area contributed by atoms with Crippen molar-refractivity contribution in [2.24, 2.45) is 0 Å². The first-order chi connectivity index (χ1) is 12.3. The first kappa shape index (κ1) is 19.1. The Morgan fingerprint density at radius 2 is 2.08 bits per heavy atom. The molecule has 0 unspecified atom stereocenters. The minimum absolute atomic E-state index is 0.0259. The highest BCUT2D eigenvalue weighted by Gasteiger charge is 2.34. The molecule has 2 aromatic rings. The van der Waals surface area contributed by atoms with Crippen LogP contribution in [0.2, 0.25) is 5.02 Å². The lowest BCUT2D eigenvalue weighted by Crippen LogP contribution is -2.41. The summed E-state index contributed by atoms with van der Waals surface area (Å²) in [7, 11) is 0. The number of halogens is 1. The third-order valence-electron chi connectivity index (χ3n) is 4.41. The Morgan fingerprint density at radius 3 is 2.85 bits per heavy atom. The molecule has 0 spiro atoms. The Kier molecular flexibility index (Phi) is 5.83. The van der Waals surface area contributed by atoms with E-state index in [0.29, 0.717) is 5.75 Å². The van der Waals surface area contributed by atoms with Gasteiger partial charge in [0.25, 0.3) is 0 Å². The molecule has 1 aliphatic heterocycles. The van der Waals surface area contributed by atoms with Gasteiger partial charge in [-0.05, 0) is 38.5 Å². The van der Waals surface area contributed by atoms with E-state index < -0.39 is 0 Å². The topological polar surface area (TPSA) is 38.3 Å². The van der Waals surface area contributed by atoms with Crippen molar-refractivity contribution >= 4 is 29.3 Å². The molecular weight excluding hydrogens is 366 g/mol. The summed E-state index contributed by atoms with van der Waals surface area (Å²) in [6.07, 6.45) is 0.754. The zero-order chi connectivity index (χ0) is 18.7. The van der Waals surface area contributed by atoms with Crippen LogP contribution < -0.4 is 10.1 Å². The van der Waals surface area contributed by atoms with Crippen molar-refractivity contribution in [3.63, 3.8) is 0 Å². The summed E-state index contributed by atoms with van der Waals surface area (Å²) in [6, 6.07) is 13.9. The summed E-state index contributed by atoms with van der Waals surface area (Å²) >= 11 is 7.74. The van der Waals surface area contributed by atoms with E-state index in [9.17, 15) is 4.79 Å². The number of nitrogens with one attached hydrogen (secondary N) is 1. The molecule has 0 aromatic heterocycles. The van der Waals surface area contributed by atoms with Gasteiger partial charge in [0.05, 0.1) is 11.8 Å². The molecule has 0 bridgehead atoms. The molecule has 1 aliphatic rings. The molecule has 138 valence electrons. The van der Waals surface area contributed by atoms with Crippen LogP contribution in [0.4, 0.5) is 0 Å². The van der Waals surface area contributed by atoms with Crippen molar-refractivity contribution in [3.8, 4) is 5.75 Å². The lowest BCUT2D eigenvalue weighted by atomic mass is 9.89. The third kappa shape index (κ3) is 4.74. The summed E-state index contributed by atoms with van der Waals surface area (Å²) in [6.45, 7) is 6.17. The van der Waals surface area contributed by atoms with Crippen LogP contribution >= 0.6 is 23.4 Å². The summed E-state index contributed by atoms with van der Waals surface area (Å²) in [4.78, 5) is 12.5. The molecule has 0 aliphatic carbocycles. The van der Waals surface area contributed by atoms with Gasteiger partial charge in [-0.2, -0.15) is 0 Å². The smallest absolute Gasteiger partial charge is 0.230 e. The van der Waals surface area contributed by atoms with Gasteiger partial charge in [-0.15, -0.1) is 11.8 Å². The summed E-state index contributed by atoms with van der Waals surface area (Å²) in [5.41, 5.74) is 2.98. The maximum atomic E-state index is 12.5. The number of amides is 1. The van der Waals surface area contributed by atoms with E-state index >= 15 is 0 Å². The monoisotopic (exact) mass is 389 g/mol. The van der Waals surface area contributed by atoms with Crippen LogP contribution in [0.5, 0.6) is 5.75 Å². The average molecular weight is 390 g/mol. The van der Waals surface area contributed by atoms with Crippen molar-refractivity contribution in [2.75, 3.05) is 5.75 Å². The normalized spacial score (nSPS) is 17.9. The molecule has 3 rings (SSSR count). The Labute approximate surface area is 164 Å². The molecule has 26 heavy (non-hydrogen) atoms. The van der Waals surface area contributed by atoms with E-state index in [1.165, 1.54) is 5.56 Å². The summed E-state index contributed by atoms with van der Waals surface area (Å²) in [5, 5.41) is 3.93. The molecule has 1 amide bonds. The SMILES string of the molecule is Cc1ccc2c(c1)[C@@H](NC(=O)CSCc1ccccc1Cl)CC(C)(C)O2. The van der Waals surface area contributed by atoms with Gasteiger partial charge in [-0.1, -0.05) is 47.5 Å². The number of fused-ring (bicyclic) bond motifs is 1. The lowest BCUT2D eigenvalue weighted by Gasteiger charge is -2.38. The number of aryl methyl sites for hydroxylation is 1. The third-order valence-corrected chi connectivity index (χ3v) is 5.76. The highest BCUT2D eigenvalue weighted by Crippen LogP contribution is 2.39. The molecule has 1 N–H and O–H groups in total. The highest BCUT2D eigenvalue weighted by atomic mass is 35.5. The van der Waals surface area contributed by atoms with Crippen LogP contribution in [0.25, 0.3) is 0 Å². The van der Waals surface area contributed by atoms with E-state index in [2.05, 4.69) is 32.2 Å². The first-order valence-electron chi connectivity index (χ1n) is 8.74. The maximum Gasteiger partial charge on any atom is 0.230 e. The van der Waals surface area contributed by atoms with Gasteiger partial charge >= 0.3 is 0 Å². The zero-order valence-corrected chi connectivity index (χ0v) is 16.9. The van der Waals surface area contributed by atoms with Gasteiger partial charge in [0, 0.05) is 22.8 Å². The Bertz CT molecular complexity index is 806. The molecular formula is C21H24ClNO2S. The number of rotatable bonds is 5. The number of benzene rings is 2. The molecule has 0 saturated carbocycles. The second kappa shape index (κ2) is 7.93. The number of ether oxygens (including phenoxy) is 1. The van der Waals surface area contributed by atoms with E-state index in [0.717, 1.165) is 34.1 Å². The first-order valence-corrected chi connectivity index (χ1v) is 10.3. The quantitative estimate of drug-likeness (QED) is 0.753. The molecule has 1 heterocycles. The summed E-state index contributed by atoms with van der Waals surface area (Å²) in [5.74, 6) is 2.03. The maximum absolute atomic E-state index is 12.5. The molecule has 1 atom stereocenters. The van der Waals surface area contributed by atoms with Crippen LogP contribution in [0.1, 0.15) is 43.0 Å². The molecule has 0 fully saturated rings. The van der Waals surface area contributed by atoms with Crippen LogP contribution in [-0.2, 0) is 10.5 Å².